The van der Waals surface area contributed by atoms with Crippen LogP contribution in [0.4, 0.5) is 18.9 Å². The Morgan fingerprint density at radius 2 is 1.64 bits per heavy atom. The van der Waals surface area contributed by atoms with E-state index < -0.39 is 32.5 Å². The lowest BCUT2D eigenvalue weighted by Gasteiger charge is -2.09. The summed E-state index contributed by atoms with van der Waals surface area (Å²) in [6.45, 7) is 0. The molecule has 0 atom stereocenters. The number of thiol groups is 1. The second-order valence-electron chi connectivity index (χ2n) is 6.82. The van der Waals surface area contributed by atoms with Crippen LogP contribution in [0.15, 0.2) is 71.8 Å². The minimum Gasteiger partial charge on any atom is -0.282 e. The molecule has 1 N–H and O–H groups in total. The number of hydrogen-bond acceptors (Lipinski definition) is 5. The summed E-state index contributed by atoms with van der Waals surface area (Å²) in [5.41, 5.74) is 0.605. The van der Waals surface area contributed by atoms with Gasteiger partial charge >= 0.3 is 6.18 Å². The van der Waals surface area contributed by atoms with Crippen molar-refractivity contribution in [3.8, 4) is 11.8 Å². The normalized spacial score (nSPS) is 11.6. The summed E-state index contributed by atoms with van der Waals surface area (Å²) in [7, 11) is -6.77. The predicted molar refractivity (Wildman–Crippen MR) is 118 cm³/mol. The van der Waals surface area contributed by atoms with E-state index >= 15 is 0 Å². The molecule has 3 rings (SSSR count). The fourth-order valence-electron chi connectivity index (χ4n) is 2.71. The zero-order valence-electron chi connectivity index (χ0n) is 16.8. The molecule has 11 heteroatoms. The SMILES string of the molecule is O=[SH](=O)c1ccccc1NS(=O)(=O)CCc1ccc(C#Cc2ccc(C(F)(F)F)cc2)nc1. The molecule has 0 saturated heterocycles. The number of benzene rings is 2. The van der Waals surface area contributed by atoms with Crippen molar-refractivity contribution in [2.75, 3.05) is 10.5 Å². The zero-order valence-corrected chi connectivity index (χ0v) is 18.5. The number of rotatable bonds is 6. The van der Waals surface area contributed by atoms with Crippen LogP contribution in [0.5, 0.6) is 0 Å². The number of para-hydroxylation sites is 1. The Morgan fingerprint density at radius 1 is 0.939 bits per heavy atom. The lowest BCUT2D eigenvalue weighted by atomic mass is 10.1. The van der Waals surface area contributed by atoms with Crippen molar-refractivity contribution in [3.63, 3.8) is 0 Å². The zero-order chi connectivity index (χ0) is 24.1. The standard InChI is InChI=1S/C22H17F3N2O4S2/c23-22(24,25)18-9-5-16(6-10-18)7-11-19-12-8-17(15-26-19)13-14-33(30,31)27-20-3-1-2-4-21(20)32(28)29/h1-6,8-10,12,15,27,32H,13-14H2. The minimum atomic E-state index is -4.41. The largest absolute Gasteiger partial charge is 0.416 e. The highest BCUT2D eigenvalue weighted by Gasteiger charge is 2.29. The summed E-state index contributed by atoms with van der Waals surface area (Å²) in [5.74, 6) is 5.16. The first kappa shape index (κ1) is 24.3. The molecule has 3 aromatic rings. The van der Waals surface area contributed by atoms with Crippen LogP contribution in [0.1, 0.15) is 22.4 Å². The van der Waals surface area contributed by atoms with E-state index in [4.69, 9.17) is 0 Å². The molecule has 2 aromatic carbocycles. The van der Waals surface area contributed by atoms with Gasteiger partial charge in [-0.15, -0.1) is 0 Å². The molecular weight excluding hydrogens is 477 g/mol. The number of nitrogens with zero attached hydrogens (tertiary/aromatic N) is 1. The number of aryl methyl sites for hydroxylation is 1. The average molecular weight is 495 g/mol. The fourth-order valence-corrected chi connectivity index (χ4v) is 4.45. The van der Waals surface area contributed by atoms with Gasteiger partial charge in [0.2, 0.25) is 10.0 Å². The number of sulfonamides is 1. The van der Waals surface area contributed by atoms with Gasteiger partial charge in [-0.2, -0.15) is 13.2 Å². The minimum absolute atomic E-state index is 0.0133. The molecule has 0 aliphatic heterocycles. The van der Waals surface area contributed by atoms with E-state index in [9.17, 15) is 30.0 Å². The van der Waals surface area contributed by atoms with Crippen LogP contribution < -0.4 is 4.72 Å². The molecule has 0 aliphatic carbocycles. The molecule has 1 aromatic heterocycles. The van der Waals surface area contributed by atoms with Gasteiger partial charge in [-0.25, -0.2) is 21.8 Å². The average Bonchev–Trinajstić information content (AvgIpc) is 2.77. The topological polar surface area (TPSA) is 93.2 Å². The van der Waals surface area contributed by atoms with Gasteiger partial charge in [0.25, 0.3) is 0 Å². The Bertz CT molecular complexity index is 1360. The van der Waals surface area contributed by atoms with E-state index in [1.165, 1.54) is 42.6 Å². The van der Waals surface area contributed by atoms with Crippen molar-refractivity contribution in [2.24, 2.45) is 0 Å². The number of anilines is 1. The van der Waals surface area contributed by atoms with Gasteiger partial charge in [0.1, 0.15) is 5.69 Å². The third kappa shape index (κ3) is 7.06. The summed E-state index contributed by atoms with van der Waals surface area (Å²) >= 11 is 0. The molecule has 6 nitrogen and oxygen atoms in total. The van der Waals surface area contributed by atoms with E-state index in [1.54, 1.807) is 12.1 Å². The summed E-state index contributed by atoms with van der Waals surface area (Å²) in [5, 5.41) is 0. The van der Waals surface area contributed by atoms with Crippen molar-refractivity contribution < 1.29 is 30.0 Å². The summed E-state index contributed by atoms with van der Waals surface area (Å²) in [4.78, 5) is 4.01. The Balaban J connectivity index is 1.62. The van der Waals surface area contributed by atoms with Crippen LogP contribution in [-0.2, 0) is 33.3 Å². The van der Waals surface area contributed by atoms with E-state index in [0.717, 1.165) is 12.1 Å². The number of aromatic nitrogens is 1. The van der Waals surface area contributed by atoms with Gasteiger partial charge in [0, 0.05) is 11.8 Å². The first-order valence-corrected chi connectivity index (χ1v) is 12.2. The first-order chi connectivity index (χ1) is 15.5. The molecule has 33 heavy (non-hydrogen) atoms. The Hall–Kier alpha value is -3.36. The van der Waals surface area contributed by atoms with Crippen molar-refractivity contribution in [1.29, 1.82) is 0 Å². The monoisotopic (exact) mass is 494 g/mol. The molecule has 0 saturated carbocycles. The molecular formula is C22H17F3N2O4S2. The van der Waals surface area contributed by atoms with Gasteiger partial charge in [-0.05, 0) is 60.4 Å². The maximum absolute atomic E-state index is 12.6. The van der Waals surface area contributed by atoms with Crippen molar-refractivity contribution >= 4 is 26.4 Å². The van der Waals surface area contributed by atoms with Crippen LogP contribution in [0.3, 0.4) is 0 Å². The Kier molecular flexibility index (Phi) is 7.40. The van der Waals surface area contributed by atoms with E-state index in [2.05, 4.69) is 21.5 Å². The second-order valence-corrected chi connectivity index (χ2v) is 9.66. The quantitative estimate of drug-likeness (QED) is 0.405. The third-order valence-electron chi connectivity index (χ3n) is 4.40. The molecule has 0 bridgehead atoms. The maximum Gasteiger partial charge on any atom is 0.416 e. The summed E-state index contributed by atoms with van der Waals surface area (Å²) in [6, 6.07) is 13.3. The van der Waals surface area contributed by atoms with Crippen molar-refractivity contribution in [1.82, 2.24) is 4.98 Å². The van der Waals surface area contributed by atoms with Crippen LogP contribution >= 0.6 is 0 Å². The molecule has 1 heterocycles. The van der Waals surface area contributed by atoms with E-state index in [-0.39, 0.29) is 22.8 Å². The number of alkyl halides is 3. The third-order valence-corrected chi connectivity index (χ3v) is 6.45. The molecule has 0 aliphatic rings. The van der Waals surface area contributed by atoms with Gasteiger partial charge < -0.3 is 0 Å². The molecule has 0 spiro atoms. The van der Waals surface area contributed by atoms with E-state index in [1.807, 2.05) is 0 Å². The van der Waals surface area contributed by atoms with Gasteiger partial charge in [0.05, 0.1) is 21.9 Å². The van der Waals surface area contributed by atoms with Crippen LogP contribution in [0, 0.1) is 11.8 Å². The number of halogens is 3. The lowest BCUT2D eigenvalue weighted by Crippen LogP contribution is -2.19. The highest BCUT2D eigenvalue weighted by Crippen LogP contribution is 2.29. The second kappa shape index (κ2) is 10.1. The van der Waals surface area contributed by atoms with Crippen LogP contribution in [-0.4, -0.2) is 27.6 Å². The van der Waals surface area contributed by atoms with Gasteiger partial charge in [0.15, 0.2) is 10.7 Å². The highest BCUT2D eigenvalue weighted by molar-refractivity contribution is 7.92. The summed E-state index contributed by atoms with van der Waals surface area (Å²) in [6.07, 6.45) is -2.83. The highest BCUT2D eigenvalue weighted by atomic mass is 32.2. The molecule has 0 fully saturated rings. The van der Waals surface area contributed by atoms with Gasteiger partial charge in [-0.1, -0.05) is 24.1 Å². The molecule has 0 amide bonds. The molecule has 172 valence electrons. The molecule has 0 unspecified atom stereocenters. The fraction of sp³-hybridized carbons (Fsp3) is 0.136. The number of nitrogens with one attached hydrogen (secondary N) is 1. The van der Waals surface area contributed by atoms with Gasteiger partial charge in [-0.3, -0.25) is 4.72 Å². The maximum atomic E-state index is 12.6. The number of hydrogen-bond donors (Lipinski definition) is 2. The van der Waals surface area contributed by atoms with Crippen LogP contribution in [0.25, 0.3) is 0 Å². The van der Waals surface area contributed by atoms with Crippen LogP contribution in [0.2, 0.25) is 0 Å². The predicted octanol–water partition coefficient (Wildman–Crippen LogP) is 3.45. The first-order valence-electron chi connectivity index (χ1n) is 9.42. The Labute approximate surface area is 190 Å². The van der Waals surface area contributed by atoms with Crippen molar-refractivity contribution in [2.45, 2.75) is 17.5 Å². The molecule has 0 radical (unpaired) electrons. The smallest absolute Gasteiger partial charge is 0.282 e. The Morgan fingerprint density at radius 3 is 2.24 bits per heavy atom. The van der Waals surface area contributed by atoms with Crippen molar-refractivity contribution in [3.05, 3.63) is 89.2 Å². The summed E-state index contributed by atoms with van der Waals surface area (Å²) < 4.78 is 87.2. The lowest BCUT2D eigenvalue weighted by molar-refractivity contribution is -0.137. The van der Waals surface area contributed by atoms with E-state index in [0.29, 0.717) is 16.8 Å². The number of pyridine rings is 1.